The summed E-state index contributed by atoms with van der Waals surface area (Å²) in [5.41, 5.74) is 2.09. The number of methoxy groups -OCH3 is 1. The van der Waals surface area contributed by atoms with Gasteiger partial charge in [0, 0.05) is 36.7 Å². The van der Waals surface area contributed by atoms with Crippen LogP contribution in [0.2, 0.25) is 0 Å². The quantitative estimate of drug-likeness (QED) is 0.453. The zero-order valence-electron chi connectivity index (χ0n) is 20.5. The highest BCUT2D eigenvalue weighted by atomic mass is 32.2. The van der Waals surface area contributed by atoms with Gasteiger partial charge in [-0.15, -0.1) is 0 Å². The smallest absolute Gasteiger partial charge is 0.255 e. The van der Waals surface area contributed by atoms with Gasteiger partial charge in [0.1, 0.15) is 23.3 Å². The van der Waals surface area contributed by atoms with Gasteiger partial charge in [-0.1, -0.05) is 0 Å². The first-order valence-corrected chi connectivity index (χ1v) is 13.3. The van der Waals surface area contributed by atoms with E-state index in [1.54, 1.807) is 19.2 Å². The molecule has 194 valence electrons. The Hall–Kier alpha value is -2.99. The second-order valence-corrected chi connectivity index (χ2v) is 10.5. The van der Waals surface area contributed by atoms with Crippen molar-refractivity contribution in [2.45, 2.75) is 19.1 Å². The molecule has 9 nitrogen and oxygen atoms in total. The van der Waals surface area contributed by atoms with E-state index in [2.05, 4.69) is 5.32 Å². The molecule has 0 bridgehead atoms. The summed E-state index contributed by atoms with van der Waals surface area (Å²) in [7, 11) is -0.620. The van der Waals surface area contributed by atoms with Gasteiger partial charge < -0.3 is 23.9 Å². The second kappa shape index (κ2) is 10.6. The van der Waals surface area contributed by atoms with Crippen LogP contribution in [-0.4, -0.2) is 67.2 Å². The molecule has 0 saturated heterocycles. The third-order valence-corrected chi connectivity index (χ3v) is 7.15. The molecule has 4 rings (SSSR count). The van der Waals surface area contributed by atoms with Crippen LogP contribution in [0.5, 0.6) is 0 Å². The van der Waals surface area contributed by atoms with E-state index in [0.717, 1.165) is 6.26 Å². The van der Waals surface area contributed by atoms with Crippen LogP contribution >= 0.6 is 0 Å². The standard InChI is InChI=1S/C25H29FN2O7S/c1-15-19-11-20-22(35-24(23(20)25(29)27-2)16-5-7-17(26)8-6-16)12-21(19)28(36(4,30)31)13-18(34-15)14-33-10-9-32-3/h5-8,11-12,15,18H,9-10,13-14H2,1-4H3,(H,27,29). The zero-order valence-corrected chi connectivity index (χ0v) is 21.4. The van der Waals surface area contributed by atoms with Gasteiger partial charge >= 0.3 is 0 Å². The highest BCUT2D eigenvalue weighted by Gasteiger charge is 2.34. The Labute approximate surface area is 209 Å². The van der Waals surface area contributed by atoms with Gasteiger partial charge in [0.25, 0.3) is 5.91 Å². The Balaban J connectivity index is 1.85. The Bertz CT molecular complexity index is 1350. The first kappa shape index (κ1) is 26.1. The third-order valence-electron chi connectivity index (χ3n) is 6.01. The second-order valence-electron chi connectivity index (χ2n) is 8.56. The normalized spacial score (nSPS) is 18.2. The molecule has 2 heterocycles. The van der Waals surface area contributed by atoms with Gasteiger partial charge in [-0.2, -0.15) is 0 Å². The molecule has 1 amide bonds. The molecule has 3 aromatic rings. The van der Waals surface area contributed by atoms with Gasteiger partial charge in [0.2, 0.25) is 10.0 Å². The zero-order chi connectivity index (χ0) is 26.0. The van der Waals surface area contributed by atoms with E-state index >= 15 is 0 Å². The third kappa shape index (κ3) is 5.24. The lowest BCUT2D eigenvalue weighted by Crippen LogP contribution is -2.38. The van der Waals surface area contributed by atoms with Gasteiger partial charge in [0.15, 0.2) is 0 Å². The summed E-state index contributed by atoms with van der Waals surface area (Å²) in [5.74, 6) is -0.549. The van der Waals surface area contributed by atoms with Gasteiger partial charge in [-0.05, 0) is 37.3 Å². The number of halogens is 1. The number of fused-ring (bicyclic) bond motifs is 2. The average Bonchev–Trinajstić information content (AvgIpc) is 3.14. The molecule has 2 aromatic carbocycles. The van der Waals surface area contributed by atoms with E-state index in [4.69, 9.17) is 18.6 Å². The first-order valence-electron chi connectivity index (χ1n) is 11.4. The number of benzene rings is 2. The number of carbonyl (C=O) groups is 1. The Morgan fingerprint density at radius 2 is 1.94 bits per heavy atom. The molecule has 2 unspecified atom stereocenters. The average molecular weight is 521 g/mol. The maximum Gasteiger partial charge on any atom is 0.255 e. The van der Waals surface area contributed by atoms with Crippen LogP contribution in [0.1, 0.15) is 28.9 Å². The van der Waals surface area contributed by atoms with Crippen molar-refractivity contribution in [2.75, 3.05) is 51.1 Å². The van der Waals surface area contributed by atoms with Crippen LogP contribution in [0, 0.1) is 5.82 Å². The lowest BCUT2D eigenvalue weighted by atomic mass is 10.0. The molecule has 0 fully saturated rings. The SMILES string of the molecule is CNC(=O)c1c(-c2ccc(F)cc2)oc2cc3c(cc12)C(C)OC(COCCOC)CN3S(C)(=O)=O. The van der Waals surface area contributed by atoms with E-state index in [1.807, 2.05) is 6.92 Å². The number of carbonyl (C=O) groups excluding carboxylic acids is 1. The van der Waals surface area contributed by atoms with Crippen molar-refractivity contribution < 1.29 is 36.2 Å². The predicted octanol–water partition coefficient (Wildman–Crippen LogP) is 3.49. The van der Waals surface area contributed by atoms with Crippen LogP contribution in [-0.2, 0) is 24.2 Å². The fourth-order valence-electron chi connectivity index (χ4n) is 4.30. The molecule has 1 aromatic heterocycles. The molecule has 1 aliphatic heterocycles. The Morgan fingerprint density at radius 1 is 1.22 bits per heavy atom. The molecular formula is C25H29FN2O7S. The summed E-state index contributed by atoms with van der Waals surface area (Å²) in [6, 6.07) is 8.94. The fraction of sp³-hybridized carbons (Fsp3) is 0.400. The number of sulfonamides is 1. The number of furan rings is 1. The van der Waals surface area contributed by atoms with Crippen molar-refractivity contribution in [1.82, 2.24) is 5.32 Å². The number of nitrogens with zero attached hydrogens (tertiary/aromatic N) is 1. The molecule has 0 spiro atoms. The summed E-state index contributed by atoms with van der Waals surface area (Å²) in [6.45, 7) is 2.81. The predicted molar refractivity (Wildman–Crippen MR) is 133 cm³/mol. The molecule has 0 saturated carbocycles. The maximum atomic E-state index is 13.5. The fourth-order valence-corrected chi connectivity index (χ4v) is 5.25. The molecule has 2 atom stereocenters. The number of amides is 1. The molecule has 0 radical (unpaired) electrons. The Morgan fingerprint density at radius 3 is 2.58 bits per heavy atom. The number of nitrogens with one attached hydrogen (secondary N) is 1. The van der Waals surface area contributed by atoms with Crippen molar-refractivity contribution in [2.24, 2.45) is 0 Å². The Kier molecular flexibility index (Phi) is 7.65. The monoisotopic (exact) mass is 520 g/mol. The summed E-state index contributed by atoms with van der Waals surface area (Å²) >= 11 is 0. The van der Waals surface area contributed by atoms with E-state index in [9.17, 15) is 17.6 Å². The van der Waals surface area contributed by atoms with Gasteiger partial charge in [-0.25, -0.2) is 12.8 Å². The van der Waals surface area contributed by atoms with Crippen LogP contribution in [0.3, 0.4) is 0 Å². The summed E-state index contributed by atoms with van der Waals surface area (Å²) in [4.78, 5) is 12.9. The number of anilines is 1. The van der Waals surface area contributed by atoms with Crippen LogP contribution in [0.15, 0.2) is 40.8 Å². The summed E-state index contributed by atoms with van der Waals surface area (Å²) in [6.07, 6.45) is 0.0920. The number of ether oxygens (including phenoxy) is 3. The van der Waals surface area contributed by atoms with Gasteiger partial charge in [0.05, 0.1) is 50.0 Å². The lowest BCUT2D eigenvalue weighted by molar-refractivity contribution is -0.0503. The largest absolute Gasteiger partial charge is 0.455 e. The molecule has 1 aliphatic rings. The van der Waals surface area contributed by atoms with Crippen molar-refractivity contribution in [3.63, 3.8) is 0 Å². The highest BCUT2D eigenvalue weighted by molar-refractivity contribution is 7.92. The molecule has 11 heteroatoms. The van der Waals surface area contributed by atoms with Crippen molar-refractivity contribution in [1.29, 1.82) is 0 Å². The van der Waals surface area contributed by atoms with E-state index in [1.165, 1.54) is 35.6 Å². The molecular weight excluding hydrogens is 491 g/mol. The topological polar surface area (TPSA) is 107 Å². The minimum absolute atomic E-state index is 0.0441. The van der Waals surface area contributed by atoms with Crippen LogP contribution in [0.25, 0.3) is 22.3 Å². The first-order chi connectivity index (χ1) is 17.1. The van der Waals surface area contributed by atoms with Crippen LogP contribution in [0.4, 0.5) is 10.1 Å². The van der Waals surface area contributed by atoms with Gasteiger partial charge in [-0.3, -0.25) is 9.10 Å². The summed E-state index contributed by atoms with van der Waals surface area (Å²) in [5, 5.41) is 3.11. The maximum absolute atomic E-state index is 13.5. The molecule has 1 N–H and O–H groups in total. The highest BCUT2D eigenvalue weighted by Crippen LogP contribution is 2.42. The minimum atomic E-state index is -3.69. The molecule has 36 heavy (non-hydrogen) atoms. The van der Waals surface area contributed by atoms with E-state index < -0.39 is 28.0 Å². The minimum Gasteiger partial charge on any atom is -0.455 e. The number of hydrogen-bond acceptors (Lipinski definition) is 7. The van der Waals surface area contributed by atoms with Crippen molar-refractivity contribution >= 4 is 32.6 Å². The van der Waals surface area contributed by atoms with Crippen LogP contribution < -0.4 is 9.62 Å². The van der Waals surface area contributed by atoms with E-state index in [-0.39, 0.29) is 30.4 Å². The number of hydrogen-bond donors (Lipinski definition) is 1. The summed E-state index contributed by atoms with van der Waals surface area (Å²) < 4.78 is 63.3. The van der Waals surface area contributed by atoms with Crippen molar-refractivity contribution in [3.8, 4) is 11.3 Å². The molecule has 0 aliphatic carbocycles. The van der Waals surface area contributed by atoms with E-state index in [0.29, 0.717) is 41.0 Å². The van der Waals surface area contributed by atoms with Crippen molar-refractivity contribution in [3.05, 3.63) is 53.3 Å². The number of rotatable bonds is 8. The lowest BCUT2D eigenvalue weighted by Gasteiger charge is -2.24.